The van der Waals surface area contributed by atoms with Crippen molar-refractivity contribution in [3.05, 3.63) is 29.8 Å². The van der Waals surface area contributed by atoms with E-state index in [1.807, 2.05) is 0 Å². The van der Waals surface area contributed by atoms with Gasteiger partial charge < -0.3 is 10.4 Å². The van der Waals surface area contributed by atoms with Crippen LogP contribution in [0.5, 0.6) is 5.75 Å². The van der Waals surface area contributed by atoms with Crippen molar-refractivity contribution in [1.82, 2.24) is 5.32 Å². The minimum atomic E-state index is 0.0652. The maximum absolute atomic E-state index is 11.9. The second kappa shape index (κ2) is 16.6. The molecule has 0 unspecified atom stereocenters. The van der Waals surface area contributed by atoms with Crippen molar-refractivity contribution in [2.75, 3.05) is 6.54 Å². The first kappa shape index (κ1) is 23.5. The smallest absolute Gasteiger partial charge is 0.224 e. The third-order valence-electron chi connectivity index (χ3n) is 5.15. The Balaban J connectivity index is 1.81. The van der Waals surface area contributed by atoms with Crippen molar-refractivity contribution in [2.24, 2.45) is 0 Å². The van der Waals surface area contributed by atoms with Crippen LogP contribution < -0.4 is 5.32 Å². The summed E-state index contributed by atoms with van der Waals surface area (Å²) in [5, 5.41) is 12.2. The Bertz CT molecular complexity index is 470. The number of nitrogens with one attached hydrogen (secondary N) is 1. The number of carbonyl (C=O) groups excluding carboxylic acids is 1. The summed E-state index contributed by atoms with van der Waals surface area (Å²) in [5.41, 5.74) is 0.936. The number of hydrogen-bond donors (Lipinski definition) is 2. The van der Waals surface area contributed by atoms with Crippen LogP contribution in [-0.4, -0.2) is 17.6 Å². The zero-order chi connectivity index (χ0) is 19.6. The third kappa shape index (κ3) is 14.2. The summed E-state index contributed by atoms with van der Waals surface area (Å²) < 4.78 is 0. The second-order valence-corrected chi connectivity index (χ2v) is 7.79. The Hall–Kier alpha value is -1.51. The Morgan fingerprint density at radius 1 is 0.741 bits per heavy atom. The minimum Gasteiger partial charge on any atom is -0.508 e. The Labute approximate surface area is 167 Å². The van der Waals surface area contributed by atoms with Gasteiger partial charge in [0.2, 0.25) is 5.91 Å². The molecule has 0 aliphatic rings. The van der Waals surface area contributed by atoms with Crippen LogP contribution in [0.25, 0.3) is 0 Å². The van der Waals surface area contributed by atoms with Gasteiger partial charge >= 0.3 is 0 Å². The number of hydrogen-bond acceptors (Lipinski definition) is 2. The van der Waals surface area contributed by atoms with Crippen molar-refractivity contribution < 1.29 is 9.90 Å². The van der Waals surface area contributed by atoms with Crippen molar-refractivity contribution in [3.8, 4) is 5.75 Å². The van der Waals surface area contributed by atoms with Gasteiger partial charge in [-0.1, -0.05) is 103 Å². The average Bonchev–Trinajstić information content (AvgIpc) is 2.66. The number of benzene rings is 1. The lowest BCUT2D eigenvalue weighted by atomic mass is 10.0. The fourth-order valence-electron chi connectivity index (χ4n) is 3.41. The molecule has 0 saturated carbocycles. The molecule has 0 heterocycles. The molecule has 0 atom stereocenters. The summed E-state index contributed by atoms with van der Waals surface area (Å²) in [4.78, 5) is 11.9. The van der Waals surface area contributed by atoms with Gasteiger partial charge in [-0.3, -0.25) is 4.79 Å². The van der Waals surface area contributed by atoms with Gasteiger partial charge in [0.05, 0.1) is 6.42 Å². The van der Waals surface area contributed by atoms with E-state index in [0.29, 0.717) is 6.42 Å². The second-order valence-electron chi connectivity index (χ2n) is 7.79. The molecule has 27 heavy (non-hydrogen) atoms. The quantitative estimate of drug-likeness (QED) is 0.304. The molecule has 1 aromatic rings. The monoisotopic (exact) mass is 375 g/mol. The fourth-order valence-corrected chi connectivity index (χ4v) is 3.41. The van der Waals surface area contributed by atoms with Crippen LogP contribution in [0, 0.1) is 0 Å². The van der Waals surface area contributed by atoms with Gasteiger partial charge in [0, 0.05) is 6.54 Å². The summed E-state index contributed by atoms with van der Waals surface area (Å²) in [6, 6.07) is 6.83. The normalized spacial score (nSPS) is 10.9. The Morgan fingerprint density at radius 2 is 1.19 bits per heavy atom. The summed E-state index contributed by atoms with van der Waals surface area (Å²) in [7, 11) is 0. The predicted molar refractivity (Wildman–Crippen MR) is 115 cm³/mol. The summed E-state index contributed by atoms with van der Waals surface area (Å²) in [6.07, 6.45) is 19.3. The van der Waals surface area contributed by atoms with E-state index in [2.05, 4.69) is 12.2 Å². The van der Waals surface area contributed by atoms with E-state index in [4.69, 9.17) is 0 Å². The zero-order valence-electron chi connectivity index (χ0n) is 17.5. The highest BCUT2D eigenvalue weighted by atomic mass is 16.3. The molecule has 3 heteroatoms. The lowest BCUT2D eigenvalue weighted by Gasteiger charge is -2.06. The molecule has 1 amide bonds. The van der Waals surface area contributed by atoms with Crippen LogP contribution in [0.3, 0.4) is 0 Å². The zero-order valence-corrected chi connectivity index (χ0v) is 17.5. The first-order valence-corrected chi connectivity index (χ1v) is 11.3. The molecule has 0 radical (unpaired) electrons. The largest absolute Gasteiger partial charge is 0.508 e. The van der Waals surface area contributed by atoms with Crippen LogP contribution in [0.4, 0.5) is 0 Å². The molecule has 1 aromatic carbocycles. The molecule has 0 aromatic heterocycles. The SMILES string of the molecule is CCCCCCCCCCCCCCCCNC(=O)Cc1ccc(O)cc1. The standard InChI is InChI=1S/C24H41NO2/c1-2-3-4-5-6-7-8-9-10-11-12-13-14-15-20-25-24(27)21-22-16-18-23(26)19-17-22/h16-19,26H,2-15,20-21H2,1H3,(H,25,27). The van der Waals surface area contributed by atoms with E-state index in [0.717, 1.165) is 18.5 Å². The van der Waals surface area contributed by atoms with Gasteiger partial charge in [-0.2, -0.15) is 0 Å². The van der Waals surface area contributed by atoms with Crippen LogP contribution in [-0.2, 0) is 11.2 Å². The highest BCUT2D eigenvalue weighted by molar-refractivity contribution is 5.78. The van der Waals surface area contributed by atoms with Gasteiger partial charge in [-0.05, 0) is 24.1 Å². The van der Waals surface area contributed by atoms with E-state index < -0.39 is 0 Å². The van der Waals surface area contributed by atoms with Gasteiger partial charge in [-0.15, -0.1) is 0 Å². The lowest BCUT2D eigenvalue weighted by molar-refractivity contribution is -0.120. The summed E-state index contributed by atoms with van der Waals surface area (Å²) in [5.74, 6) is 0.303. The number of phenolic OH excluding ortho intramolecular Hbond substituents is 1. The van der Waals surface area contributed by atoms with Crippen LogP contribution in [0.1, 0.15) is 102 Å². The Kier molecular flexibility index (Phi) is 14.5. The van der Waals surface area contributed by atoms with Crippen LogP contribution >= 0.6 is 0 Å². The number of phenols is 1. The van der Waals surface area contributed by atoms with Crippen molar-refractivity contribution in [2.45, 2.75) is 103 Å². The van der Waals surface area contributed by atoms with E-state index in [1.54, 1.807) is 24.3 Å². The highest BCUT2D eigenvalue weighted by Crippen LogP contribution is 2.13. The highest BCUT2D eigenvalue weighted by Gasteiger charge is 2.02. The lowest BCUT2D eigenvalue weighted by Crippen LogP contribution is -2.26. The summed E-state index contributed by atoms with van der Waals surface area (Å²) in [6.45, 7) is 3.05. The van der Waals surface area contributed by atoms with Crippen LogP contribution in [0.15, 0.2) is 24.3 Å². The molecule has 0 aliphatic heterocycles. The van der Waals surface area contributed by atoms with Crippen molar-refractivity contribution >= 4 is 5.91 Å². The van der Waals surface area contributed by atoms with E-state index in [9.17, 15) is 9.90 Å². The molecule has 2 N–H and O–H groups in total. The van der Waals surface area contributed by atoms with Crippen molar-refractivity contribution in [1.29, 1.82) is 0 Å². The fraction of sp³-hybridized carbons (Fsp3) is 0.708. The summed E-state index contributed by atoms with van der Waals surface area (Å²) >= 11 is 0. The number of aromatic hydroxyl groups is 1. The maximum atomic E-state index is 11.9. The van der Waals surface area contributed by atoms with Crippen LogP contribution in [0.2, 0.25) is 0 Å². The van der Waals surface area contributed by atoms with Gasteiger partial charge in [-0.25, -0.2) is 0 Å². The van der Waals surface area contributed by atoms with Gasteiger partial charge in [0.25, 0.3) is 0 Å². The van der Waals surface area contributed by atoms with E-state index in [-0.39, 0.29) is 11.7 Å². The number of rotatable bonds is 17. The van der Waals surface area contributed by atoms with E-state index in [1.165, 1.54) is 83.5 Å². The predicted octanol–water partition coefficient (Wildman–Crippen LogP) is 6.53. The number of carbonyl (C=O) groups is 1. The molecule has 1 rings (SSSR count). The van der Waals surface area contributed by atoms with Gasteiger partial charge in [0.1, 0.15) is 5.75 Å². The average molecular weight is 376 g/mol. The van der Waals surface area contributed by atoms with Crippen molar-refractivity contribution in [3.63, 3.8) is 0 Å². The molecule has 0 fully saturated rings. The molecule has 0 aliphatic carbocycles. The molecule has 0 spiro atoms. The topological polar surface area (TPSA) is 49.3 Å². The molecule has 0 saturated heterocycles. The first-order chi connectivity index (χ1) is 13.2. The Morgan fingerprint density at radius 3 is 1.67 bits per heavy atom. The molecule has 154 valence electrons. The number of unbranched alkanes of at least 4 members (excludes halogenated alkanes) is 13. The van der Waals surface area contributed by atoms with Gasteiger partial charge in [0.15, 0.2) is 0 Å². The molecule has 0 bridgehead atoms. The minimum absolute atomic E-state index is 0.0652. The first-order valence-electron chi connectivity index (χ1n) is 11.3. The maximum Gasteiger partial charge on any atom is 0.224 e. The molecular formula is C24H41NO2. The third-order valence-corrected chi connectivity index (χ3v) is 5.15. The molecular weight excluding hydrogens is 334 g/mol. The number of amides is 1. The van der Waals surface area contributed by atoms with E-state index >= 15 is 0 Å². The molecule has 3 nitrogen and oxygen atoms in total.